The van der Waals surface area contributed by atoms with E-state index < -0.39 is 10.0 Å². The third kappa shape index (κ3) is 3.45. The highest BCUT2D eigenvalue weighted by molar-refractivity contribution is 9.10. The molecule has 1 heterocycles. The van der Waals surface area contributed by atoms with Crippen molar-refractivity contribution in [3.63, 3.8) is 0 Å². The van der Waals surface area contributed by atoms with Crippen LogP contribution in [0.25, 0.3) is 0 Å². The van der Waals surface area contributed by atoms with E-state index in [-0.39, 0.29) is 0 Å². The molecule has 3 nitrogen and oxygen atoms in total. The van der Waals surface area contributed by atoms with Crippen LogP contribution in [0.2, 0.25) is 0 Å². The molecule has 0 spiro atoms. The van der Waals surface area contributed by atoms with Gasteiger partial charge >= 0.3 is 0 Å². The van der Waals surface area contributed by atoms with E-state index in [0.29, 0.717) is 11.4 Å². The fourth-order valence-electron chi connectivity index (χ4n) is 1.61. The van der Waals surface area contributed by atoms with Crippen molar-refractivity contribution in [2.45, 2.75) is 25.3 Å². The van der Waals surface area contributed by atoms with E-state index in [2.05, 4.69) is 20.7 Å². The van der Waals surface area contributed by atoms with Gasteiger partial charge in [0.15, 0.2) is 0 Å². The molecule has 0 fully saturated rings. The smallest absolute Gasteiger partial charge is 0.207 e. The Morgan fingerprint density at radius 2 is 1.95 bits per heavy atom. The number of benzene rings is 1. The molecule has 0 radical (unpaired) electrons. The summed E-state index contributed by atoms with van der Waals surface area (Å²) in [6.07, 6.45) is 0. The van der Waals surface area contributed by atoms with Crippen LogP contribution in [0.15, 0.2) is 38.3 Å². The molecule has 0 aliphatic carbocycles. The molecule has 0 bridgehead atoms. The number of halogens is 1. The molecule has 0 aliphatic rings. The highest BCUT2D eigenvalue weighted by Crippen LogP contribution is 2.20. The van der Waals surface area contributed by atoms with Gasteiger partial charge in [-0.3, -0.25) is 0 Å². The molecule has 1 aromatic carbocycles. The molecule has 0 saturated heterocycles. The number of aryl methyl sites for hydroxylation is 2. The number of hydrogen-bond acceptors (Lipinski definition) is 3. The van der Waals surface area contributed by atoms with Crippen LogP contribution in [0.1, 0.15) is 16.7 Å². The number of sulfonamides is 1. The molecule has 0 amide bonds. The van der Waals surface area contributed by atoms with Crippen LogP contribution in [0.4, 0.5) is 0 Å². The first kappa shape index (κ1) is 14.7. The van der Waals surface area contributed by atoms with Crippen LogP contribution in [-0.2, 0) is 16.6 Å². The average molecular weight is 360 g/mol. The summed E-state index contributed by atoms with van der Waals surface area (Å²) in [7, 11) is -3.46. The summed E-state index contributed by atoms with van der Waals surface area (Å²) in [5.41, 5.74) is 3.02. The van der Waals surface area contributed by atoms with E-state index in [9.17, 15) is 8.42 Å². The minimum Gasteiger partial charge on any atom is -0.207 e. The summed E-state index contributed by atoms with van der Waals surface area (Å²) in [5, 5.41) is 3.97. The predicted octanol–water partition coefficient (Wildman–Crippen LogP) is 3.61. The van der Waals surface area contributed by atoms with Crippen molar-refractivity contribution >= 4 is 37.3 Å². The van der Waals surface area contributed by atoms with Gasteiger partial charge in [-0.15, -0.1) is 0 Å². The molecular weight excluding hydrogens is 346 g/mol. The Morgan fingerprint density at radius 3 is 2.53 bits per heavy atom. The lowest BCUT2D eigenvalue weighted by Gasteiger charge is -2.08. The highest BCUT2D eigenvalue weighted by atomic mass is 79.9. The van der Waals surface area contributed by atoms with Gasteiger partial charge in [0.05, 0.1) is 4.90 Å². The van der Waals surface area contributed by atoms with Gasteiger partial charge in [-0.2, -0.15) is 11.3 Å². The Balaban J connectivity index is 2.18. The van der Waals surface area contributed by atoms with Crippen LogP contribution in [-0.4, -0.2) is 8.42 Å². The number of hydrogen-bond donors (Lipinski definition) is 1. The lowest BCUT2D eigenvalue weighted by molar-refractivity contribution is 0.581. The van der Waals surface area contributed by atoms with Crippen LogP contribution >= 0.6 is 27.3 Å². The molecule has 0 saturated carbocycles. The first-order chi connectivity index (χ1) is 8.90. The van der Waals surface area contributed by atoms with E-state index in [4.69, 9.17) is 0 Å². The maximum Gasteiger partial charge on any atom is 0.240 e. The summed E-state index contributed by atoms with van der Waals surface area (Å²) in [6, 6.07) is 5.01. The second-order valence-electron chi connectivity index (χ2n) is 4.32. The lowest BCUT2D eigenvalue weighted by atomic mass is 10.2. The zero-order valence-electron chi connectivity index (χ0n) is 10.6. The standard InChI is InChI=1S/C13H14BrNO2S2/c1-9-5-12(3-4-13(9)14)19(16,17)15-6-11-8-18-7-10(11)2/h3-5,7-8,15H,6H2,1-2H3. The molecule has 0 atom stereocenters. The first-order valence-corrected chi connectivity index (χ1v) is 8.89. The topological polar surface area (TPSA) is 46.2 Å². The molecular formula is C13H14BrNO2S2. The molecule has 19 heavy (non-hydrogen) atoms. The van der Waals surface area contributed by atoms with Crippen molar-refractivity contribution in [3.05, 3.63) is 50.1 Å². The molecule has 1 aromatic heterocycles. The second kappa shape index (κ2) is 5.75. The highest BCUT2D eigenvalue weighted by Gasteiger charge is 2.15. The monoisotopic (exact) mass is 359 g/mol. The molecule has 2 rings (SSSR count). The van der Waals surface area contributed by atoms with Crippen molar-refractivity contribution in [1.29, 1.82) is 0 Å². The Hall–Kier alpha value is -0.690. The summed E-state index contributed by atoms with van der Waals surface area (Å²) in [5.74, 6) is 0. The summed E-state index contributed by atoms with van der Waals surface area (Å²) in [4.78, 5) is 0.293. The summed E-state index contributed by atoms with van der Waals surface area (Å²) in [6.45, 7) is 4.17. The summed E-state index contributed by atoms with van der Waals surface area (Å²) < 4.78 is 27.9. The van der Waals surface area contributed by atoms with Gasteiger partial charge in [0.2, 0.25) is 10.0 Å². The van der Waals surface area contributed by atoms with Gasteiger partial charge in [-0.1, -0.05) is 15.9 Å². The van der Waals surface area contributed by atoms with Crippen molar-refractivity contribution in [2.24, 2.45) is 0 Å². The van der Waals surface area contributed by atoms with Gasteiger partial charge in [0, 0.05) is 11.0 Å². The predicted molar refractivity (Wildman–Crippen MR) is 82.0 cm³/mol. The normalized spacial score (nSPS) is 11.7. The quantitative estimate of drug-likeness (QED) is 0.906. The maximum absolute atomic E-state index is 12.2. The number of nitrogens with one attached hydrogen (secondary N) is 1. The third-order valence-electron chi connectivity index (χ3n) is 2.85. The van der Waals surface area contributed by atoms with E-state index in [1.54, 1.807) is 29.5 Å². The Labute approximate surface area is 125 Å². The molecule has 0 aliphatic heterocycles. The van der Waals surface area contributed by atoms with E-state index in [1.807, 2.05) is 24.6 Å². The zero-order chi connectivity index (χ0) is 14.0. The molecule has 1 N–H and O–H groups in total. The second-order valence-corrected chi connectivity index (χ2v) is 7.68. The average Bonchev–Trinajstić information content (AvgIpc) is 2.76. The van der Waals surface area contributed by atoms with Gasteiger partial charge in [-0.25, -0.2) is 13.1 Å². The fraction of sp³-hybridized carbons (Fsp3) is 0.231. The molecule has 6 heteroatoms. The lowest BCUT2D eigenvalue weighted by Crippen LogP contribution is -2.23. The molecule has 0 unspecified atom stereocenters. The van der Waals surface area contributed by atoms with Crippen LogP contribution < -0.4 is 4.72 Å². The fourth-order valence-corrected chi connectivity index (χ4v) is 3.80. The minimum atomic E-state index is -3.46. The van der Waals surface area contributed by atoms with Crippen LogP contribution in [0.5, 0.6) is 0 Å². The van der Waals surface area contributed by atoms with Crippen molar-refractivity contribution in [1.82, 2.24) is 4.72 Å². The van der Waals surface area contributed by atoms with E-state index in [0.717, 1.165) is 21.2 Å². The van der Waals surface area contributed by atoms with Crippen molar-refractivity contribution in [2.75, 3.05) is 0 Å². The van der Waals surface area contributed by atoms with Gasteiger partial charge < -0.3 is 0 Å². The first-order valence-electron chi connectivity index (χ1n) is 5.67. The zero-order valence-corrected chi connectivity index (χ0v) is 13.8. The number of rotatable bonds is 4. The molecule has 102 valence electrons. The largest absolute Gasteiger partial charge is 0.240 e. The van der Waals surface area contributed by atoms with Crippen molar-refractivity contribution < 1.29 is 8.42 Å². The maximum atomic E-state index is 12.2. The summed E-state index contributed by atoms with van der Waals surface area (Å²) >= 11 is 4.94. The Kier molecular flexibility index (Phi) is 4.45. The van der Waals surface area contributed by atoms with Crippen molar-refractivity contribution in [3.8, 4) is 0 Å². The third-order valence-corrected chi connectivity index (χ3v) is 6.05. The van der Waals surface area contributed by atoms with Crippen LogP contribution in [0.3, 0.4) is 0 Å². The van der Waals surface area contributed by atoms with E-state index in [1.165, 1.54) is 0 Å². The Bertz CT molecular complexity index is 692. The van der Waals surface area contributed by atoms with Gasteiger partial charge in [0.25, 0.3) is 0 Å². The van der Waals surface area contributed by atoms with Gasteiger partial charge in [-0.05, 0) is 59.5 Å². The Morgan fingerprint density at radius 1 is 1.21 bits per heavy atom. The SMILES string of the molecule is Cc1cc(S(=O)(=O)NCc2cscc2C)ccc1Br. The number of thiophene rings is 1. The minimum absolute atomic E-state index is 0.293. The van der Waals surface area contributed by atoms with Gasteiger partial charge in [0.1, 0.15) is 0 Å². The van der Waals surface area contributed by atoms with Crippen LogP contribution in [0, 0.1) is 13.8 Å². The molecule has 2 aromatic rings. The van der Waals surface area contributed by atoms with E-state index >= 15 is 0 Å².